The number of hydrogen-bond acceptors (Lipinski definition) is 5. The molecule has 0 fully saturated rings. The molecule has 0 unspecified atom stereocenters. The van der Waals surface area contributed by atoms with Crippen molar-refractivity contribution in [3.05, 3.63) is 88.7 Å². The van der Waals surface area contributed by atoms with Crippen LogP contribution in [-0.2, 0) is 9.59 Å². The van der Waals surface area contributed by atoms with Gasteiger partial charge in [0.25, 0.3) is 11.8 Å². The molecular formula is C26H21ClFN3O4. The number of amides is 2. The lowest BCUT2D eigenvalue weighted by molar-refractivity contribution is -0.118. The van der Waals surface area contributed by atoms with E-state index >= 15 is 0 Å². The van der Waals surface area contributed by atoms with Crippen molar-refractivity contribution in [3.63, 3.8) is 0 Å². The van der Waals surface area contributed by atoms with Gasteiger partial charge < -0.3 is 20.1 Å². The standard InChI is InChI=1S/C26H21ClFN3O4/c1-2-34-24-14-17(13-18(15-29)26(33)31-22-6-4-3-5-21(22)27)7-12-23(24)35-16-25(32)30-20-10-8-19(28)9-11-20/h3-14H,2,16H2,1H3,(H,30,32)(H,31,33)/b18-13+. The van der Waals surface area contributed by atoms with Gasteiger partial charge in [-0.25, -0.2) is 4.39 Å². The minimum absolute atomic E-state index is 0.139. The van der Waals surface area contributed by atoms with Gasteiger partial charge in [-0.1, -0.05) is 29.8 Å². The van der Waals surface area contributed by atoms with Crippen LogP contribution in [0.5, 0.6) is 11.5 Å². The third kappa shape index (κ3) is 7.32. The normalized spacial score (nSPS) is 10.7. The van der Waals surface area contributed by atoms with Gasteiger partial charge in [0.05, 0.1) is 17.3 Å². The summed E-state index contributed by atoms with van der Waals surface area (Å²) >= 11 is 6.06. The molecule has 0 heterocycles. The van der Waals surface area contributed by atoms with E-state index in [9.17, 15) is 19.2 Å². The van der Waals surface area contributed by atoms with Gasteiger partial charge in [0.1, 0.15) is 17.5 Å². The Bertz CT molecular complexity index is 1290. The molecule has 0 aliphatic heterocycles. The zero-order chi connectivity index (χ0) is 25.2. The quantitative estimate of drug-likeness (QED) is 0.305. The fourth-order valence-corrected chi connectivity index (χ4v) is 3.13. The molecule has 2 amide bonds. The number of para-hydroxylation sites is 1. The van der Waals surface area contributed by atoms with E-state index in [-0.39, 0.29) is 12.2 Å². The molecule has 0 aromatic heterocycles. The fourth-order valence-electron chi connectivity index (χ4n) is 2.94. The zero-order valence-corrected chi connectivity index (χ0v) is 19.4. The Morgan fingerprint density at radius 1 is 1.03 bits per heavy atom. The molecular weight excluding hydrogens is 473 g/mol. The van der Waals surface area contributed by atoms with Gasteiger partial charge in [-0.2, -0.15) is 5.26 Å². The SMILES string of the molecule is CCOc1cc(/C=C(\C#N)C(=O)Nc2ccccc2Cl)ccc1OCC(=O)Nc1ccc(F)cc1. The maximum Gasteiger partial charge on any atom is 0.266 e. The Morgan fingerprint density at radius 3 is 2.46 bits per heavy atom. The lowest BCUT2D eigenvalue weighted by atomic mass is 10.1. The third-order valence-corrected chi connectivity index (χ3v) is 4.88. The molecule has 0 aliphatic rings. The van der Waals surface area contributed by atoms with Crippen molar-refractivity contribution in [2.75, 3.05) is 23.8 Å². The van der Waals surface area contributed by atoms with Crippen LogP contribution in [0.1, 0.15) is 12.5 Å². The zero-order valence-electron chi connectivity index (χ0n) is 18.7. The van der Waals surface area contributed by atoms with E-state index in [0.717, 1.165) is 0 Å². The van der Waals surface area contributed by atoms with Gasteiger partial charge >= 0.3 is 0 Å². The molecule has 0 aliphatic carbocycles. The minimum Gasteiger partial charge on any atom is -0.490 e. The predicted octanol–water partition coefficient (Wildman–Crippen LogP) is 5.44. The first-order valence-electron chi connectivity index (χ1n) is 10.5. The highest BCUT2D eigenvalue weighted by molar-refractivity contribution is 6.34. The maximum absolute atomic E-state index is 13.0. The van der Waals surface area contributed by atoms with Crippen molar-refractivity contribution >= 4 is 40.9 Å². The topological polar surface area (TPSA) is 100 Å². The lowest BCUT2D eigenvalue weighted by Gasteiger charge is -2.13. The van der Waals surface area contributed by atoms with Crippen LogP contribution >= 0.6 is 11.6 Å². The number of ether oxygens (including phenoxy) is 2. The van der Waals surface area contributed by atoms with Crippen LogP contribution in [-0.4, -0.2) is 25.0 Å². The fraction of sp³-hybridized carbons (Fsp3) is 0.115. The molecule has 9 heteroatoms. The molecule has 2 N–H and O–H groups in total. The van der Waals surface area contributed by atoms with Crippen molar-refractivity contribution in [1.82, 2.24) is 0 Å². The molecule has 0 saturated carbocycles. The second kappa shape index (κ2) is 12.2. The summed E-state index contributed by atoms with van der Waals surface area (Å²) in [6.07, 6.45) is 1.40. The maximum atomic E-state index is 13.0. The summed E-state index contributed by atoms with van der Waals surface area (Å²) in [6, 6.07) is 18.7. The van der Waals surface area contributed by atoms with Crippen LogP contribution in [0.2, 0.25) is 5.02 Å². The van der Waals surface area contributed by atoms with E-state index in [0.29, 0.717) is 40.1 Å². The third-order valence-electron chi connectivity index (χ3n) is 4.55. The second-order valence-corrected chi connectivity index (χ2v) is 7.49. The number of halogens is 2. The summed E-state index contributed by atoms with van der Waals surface area (Å²) in [5, 5.41) is 15.0. The first kappa shape index (κ1) is 25.3. The molecule has 3 aromatic carbocycles. The van der Waals surface area contributed by atoms with Crippen molar-refractivity contribution < 1.29 is 23.5 Å². The Labute approximate surface area is 206 Å². The molecule has 3 aromatic rings. The highest BCUT2D eigenvalue weighted by atomic mass is 35.5. The summed E-state index contributed by atoms with van der Waals surface area (Å²) in [7, 11) is 0. The van der Waals surface area contributed by atoms with Gasteiger partial charge in [-0.3, -0.25) is 9.59 Å². The van der Waals surface area contributed by atoms with E-state index in [1.807, 2.05) is 6.07 Å². The first-order chi connectivity index (χ1) is 16.9. The number of rotatable bonds is 9. The Kier molecular flexibility index (Phi) is 8.82. The van der Waals surface area contributed by atoms with Crippen LogP contribution in [0.25, 0.3) is 6.08 Å². The van der Waals surface area contributed by atoms with E-state index in [1.54, 1.807) is 49.4 Å². The van der Waals surface area contributed by atoms with Crippen LogP contribution in [0.3, 0.4) is 0 Å². The second-order valence-electron chi connectivity index (χ2n) is 7.09. The molecule has 0 saturated heterocycles. The van der Waals surface area contributed by atoms with Crippen molar-refractivity contribution in [1.29, 1.82) is 5.26 Å². The molecule has 7 nitrogen and oxygen atoms in total. The van der Waals surface area contributed by atoms with Crippen molar-refractivity contribution in [3.8, 4) is 17.6 Å². The predicted molar refractivity (Wildman–Crippen MR) is 132 cm³/mol. The number of carbonyl (C=O) groups excluding carboxylic acids is 2. The van der Waals surface area contributed by atoms with E-state index in [1.165, 1.54) is 30.3 Å². The van der Waals surface area contributed by atoms with Gasteiger partial charge in [-0.15, -0.1) is 0 Å². The Hall–Kier alpha value is -4.35. The molecule has 0 spiro atoms. The van der Waals surface area contributed by atoms with Crippen LogP contribution in [0, 0.1) is 17.1 Å². The lowest BCUT2D eigenvalue weighted by Crippen LogP contribution is -2.20. The van der Waals surface area contributed by atoms with Crippen LogP contribution < -0.4 is 20.1 Å². The number of anilines is 2. The number of benzene rings is 3. The number of nitriles is 1. The molecule has 178 valence electrons. The van der Waals surface area contributed by atoms with Gasteiger partial charge in [0, 0.05) is 5.69 Å². The highest BCUT2D eigenvalue weighted by Crippen LogP contribution is 2.30. The molecule has 3 rings (SSSR count). The van der Waals surface area contributed by atoms with Crippen LogP contribution in [0.4, 0.5) is 15.8 Å². The van der Waals surface area contributed by atoms with E-state index in [4.69, 9.17) is 21.1 Å². The Balaban J connectivity index is 1.71. The molecule has 35 heavy (non-hydrogen) atoms. The largest absolute Gasteiger partial charge is 0.490 e. The van der Waals surface area contributed by atoms with Gasteiger partial charge in [0.2, 0.25) is 0 Å². The monoisotopic (exact) mass is 493 g/mol. The highest BCUT2D eigenvalue weighted by Gasteiger charge is 2.13. The van der Waals surface area contributed by atoms with Crippen molar-refractivity contribution in [2.24, 2.45) is 0 Å². The van der Waals surface area contributed by atoms with Crippen molar-refractivity contribution in [2.45, 2.75) is 6.92 Å². The van der Waals surface area contributed by atoms with E-state index < -0.39 is 17.6 Å². The van der Waals surface area contributed by atoms with Gasteiger partial charge in [-0.05, 0) is 67.1 Å². The summed E-state index contributed by atoms with van der Waals surface area (Å²) in [6.45, 7) is 1.80. The van der Waals surface area contributed by atoms with Crippen LogP contribution in [0.15, 0.2) is 72.3 Å². The summed E-state index contributed by atoms with van der Waals surface area (Å²) in [5.41, 5.74) is 1.20. The Morgan fingerprint density at radius 2 is 1.77 bits per heavy atom. The average molecular weight is 494 g/mol. The molecule has 0 radical (unpaired) electrons. The smallest absolute Gasteiger partial charge is 0.266 e. The number of nitrogens with one attached hydrogen (secondary N) is 2. The average Bonchev–Trinajstić information content (AvgIpc) is 2.85. The summed E-state index contributed by atoms with van der Waals surface area (Å²) in [4.78, 5) is 24.7. The minimum atomic E-state index is -0.614. The number of carbonyl (C=O) groups is 2. The van der Waals surface area contributed by atoms with E-state index in [2.05, 4.69) is 10.6 Å². The number of nitrogens with zero attached hydrogens (tertiary/aromatic N) is 1. The van der Waals surface area contributed by atoms with Gasteiger partial charge in [0.15, 0.2) is 18.1 Å². The summed E-state index contributed by atoms with van der Waals surface area (Å²) in [5.74, 6) is -0.824. The first-order valence-corrected chi connectivity index (χ1v) is 10.9. The summed E-state index contributed by atoms with van der Waals surface area (Å²) < 4.78 is 24.2. The molecule has 0 bridgehead atoms. The molecule has 0 atom stereocenters. The number of hydrogen-bond donors (Lipinski definition) is 2.